The van der Waals surface area contributed by atoms with Gasteiger partial charge < -0.3 is 14.2 Å². The molecule has 0 aliphatic carbocycles. The molecule has 0 saturated heterocycles. The van der Waals surface area contributed by atoms with Crippen LogP contribution in [0, 0.1) is 11.3 Å². The van der Waals surface area contributed by atoms with Crippen LogP contribution < -0.4 is 25.1 Å². The van der Waals surface area contributed by atoms with Gasteiger partial charge in [0.15, 0.2) is 18.1 Å². The lowest BCUT2D eigenvalue weighted by atomic mass is 10.1. The zero-order valence-corrected chi connectivity index (χ0v) is 19.1. The first kappa shape index (κ1) is 24.4. The second-order valence-corrected chi connectivity index (χ2v) is 7.37. The highest BCUT2D eigenvalue weighted by atomic mass is 35.5. The van der Waals surface area contributed by atoms with Crippen LogP contribution >= 0.6 is 11.6 Å². The molecule has 0 aliphatic rings. The molecular weight excluding hydrogens is 458 g/mol. The first-order valence-electron chi connectivity index (χ1n) is 10.3. The summed E-state index contributed by atoms with van der Waals surface area (Å²) in [5, 5.41) is 9.62. The Morgan fingerprint density at radius 2 is 1.65 bits per heavy atom. The molecule has 0 fully saturated rings. The summed E-state index contributed by atoms with van der Waals surface area (Å²) >= 11 is 5.85. The molecule has 2 N–H and O–H groups in total. The van der Waals surface area contributed by atoms with Gasteiger partial charge in [-0.1, -0.05) is 23.7 Å². The fraction of sp³-hybridized carbons (Fsp3) is 0.160. The maximum Gasteiger partial charge on any atom is 0.276 e. The van der Waals surface area contributed by atoms with E-state index in [4.69, 9.17) is 31.1 Å². The van der Waals surface area contributed by atoms with E-state index in [-0.39, 0.29) is 6.61 Å². The Labute approximate surface area is 202 Å². The van der Waals surface area contributed by atoms with Crippen molar-refractivity contribution in [3.05, 3.63) is 88.4 Å². The van der Waals surface area contributed by atoms with Crippen molar-refractivity contribution in [2.24, 2.45) is 0 Å². The Bertz CT molecular complexity index is 1170. The van der Waals surface area contributed by atoms with Gasteiger partial charge in [0.25, 0.3) is 11.8 Å². The summed E-state index contributed by atoms with van der Waals surface area (Å²) in [5.41, 5.74) is 6.28. The standard InChI is InChI=1S/C25H22ClN3O5/c1-2-32-23-13-18(14-27)5-12-22(23)34-16-24(30)28-29-25(31)19-6-3-17(4-7-19)15-33-21-10-8-20(26)9-11-21/h3-13H,2,15-16H2,1H3,(H,28,30)(H,29,31). The quantitative estimate of drug-likeness (QED) is 0.448. The third-order valence-electron chi connectivity index (χ3n) is 4.48. The van der Waals surface area contributed by atoms with E-state index >= 15 is 0 Å². The number of rotatable bonds is 9. The van der Waals surface area contributed by atoms with E-state index in [0.29, 0.717) is 46.6 Å². The van der Waals surface area contributed by atoms with E-state index in [2.05, 4.69) is 10.9 Å². The van der Waals surface area contributed by atoms with Crippen molar-refractivity contribution in [3.63, 3.8) is 0 Å². The third-order valence-corrected chi connectivity index (χ3v) is 4.73. The van der Waals surface area contributed by atoms with Gasteiger partial charge in [0.1, 0.15) is 12.4 Å². The topological polar surface area (TPSA) is 110 Å². The zero-order valence-electron chi connectivity index (χ0n) is 18.3. The molecular formula is C25H22ClN3O5. The number of ether oxygens (including phenoxy) is 3. The van der Waals surface area contributed by atoms with Gasteiger partial charge in [0.2, 0.25) is 0 Å². The van der Waals surface area contributed by atoms with Crippen molar-refractivity contribution in [2.75, 3.05) is 13.2 Å². The van der Waals surface area contributed by atoms with Gasteiger partial charge in [-0.05, 0) is 61.0 Å². The smallest absolute Gasteiger partial charge is 0.276 e. The fourth-order valence-electron chi connectivity index (χ4n) is 2.79. The summed E-state index contributed by atoms with van der Waals surface area (Å²) < 4.78 is 16.6. The molecule has 8 nitrogen and oxygen atoms in total. The Balaban J connectivity index is 1.45. The van der Waals surface area contributed by atoms with Gasteiger partial charge in [-0.2, -0.15) is 5.26 Å². The molecule has 0 heterocycles. The lowest BCUT2D eigenvalue weighted by Crippen LogP contribution is -2.43. The number of halogens is 1. The van der Waals surface area contributed by atoms with Crippen LogP contribution in [-0.2, 0) is 11.4 Å². The van der Waals surface area contributed by atoms with Gasteiger partial charge in [0, 0.05) is 16.7 Å². The van der Waals surface area contributed by atoms with Crippen LogP contribution in [0.1, 0.15) is 28.4 Å². The minimum atomic E-state index is -0.562. The molecule has 0 spiro atoms. The van der Waals surface area contributed by atoms with Crippen molar-refractivity contribution >= 4 is 23.4 Å². The lowest BCUT2D eigenvalue weighted by molar-refractivity contribution is -0.123. The number of amides is 2. The SMILES string of the molecule is CCOc1cc(C#N)ccc1OCC(=O)NNC(=O)c1ccc(COc2ccc(Cl)cc2)cc1. The van der Waals surface area contributed by atoms with Crippen LogP contribution in [0.15, 0.2) is 66.7 Å². The molecule has 174 valence electrons. The Morgan fingerprint density at radius 3 is 2.32 bits per heavy atom. The van der Waals surface area contributed by atoms with Crippen molar-refractivity contribution in [2.45, 2.75) is 13.5 Å². The predicted molar refractivity (Wildman–Crippen MR) is 126 cm³/mol. The van der Waals surface area contributed by atoms with E-state index in [1.165, 1.54) is 6.07 Å². The summed E-state index contributed by atoms with van der Waals surface area (Å²) in [7, 11) is 0. The second-order valence-electron chi connectivity index (χ2n) is 6.94. The van der Waals surface area contributed by atoms with Crippen LogP contribution in [0.3, 0.4) is 0 Å². The number of nitriles is 1. The number of nitrogens with one attached hydrogen (secondary N) is 2. The van der Waals surface area contributed by atoms with Crippen LogP contribution in [-0.4, -0.2) is 25.0 Å². The molecule has 0 bridgehead atoms. The van der Waals surface area contributed by atoms with E-state index in [1.807, 2.05) is 6.07 Å². The van der Waals surface area contributed by atoms with Gasteiger partial charge in [0.05, 0.1) is 18.2 Å². The number of benzene rings is 3. The molecule has 0 aliphatic heterocycles. The van der Waals surface area contributed by atoms with Crippen LogP contribution in [0.2, 0.25) is 5.02 Å². The van der Waals surface area contributed by atoms with E-state index < -0.39 is 11.8 Å². The molecule has 3 aromatic carbocycles. The predicted octanol–water partition coefficient (Wildman–Crippen LogP) is 4.03. The average molecular weight is 480 g/mol. The number of carbonyl (C=O) groups is 2. The minimum absolute atomic E-state index is 0.318. The molecule has 3 aromatic rings. The number of carbonyl (C=O) groups excluding carboxylic acids is 2. The zero-order chi connectivity index (χ0) is 24.3. The minimum Gasteiger partial charge on any atom is -0.490 e. The van der Waals surface area contributed by atoms with Crippen molar-refractivity contribution < 1.29 is 23.8 Å². The first-order chi connectivity index (χ1) is 16.5. The molecule has 0 saturated carbocycles. The van der Waals surface area contributed by atoms with Gasteiger partial charge in [-0.15, -0.1) is 0 Å². The highest BCUT2D eigenvalue weighted by Crippen LogP contribution is 2.28. The molecule has 0 aromatic heterocycles. The maximum absolute atomic E-state index is 12.3. The number of hydrogen-bond donors (Lipinski definition) is 2. The summed E-state index contributed by atoms with van der Waals surface area (Å²) in [5.74, 6) is 0.322. The van der Waals surface area contributed by atoms with Crippen molar-refractivity contribution in [1.29, 1.82) is 5.26 Å². The molecule has 0 atom stereocenters. The third kappa shape index (κ3) is 7.15. The van der Waals surface area contributed by atoms with Crippen molar-refractivity contribution in [1.82, 2.24) is 10.9 Å². The van der Waals surface area contributed by atoms with E-state index in [0.717, 1.165) is 5.56 Å². The van der Waals surface area contributed by atoms with E-state index in [9.17, 15) is 9.59 Å². The van der Waals surface area contributed by atoms with Crippen LogP contribution in [0.25, 0.3) is 0 Å². The summed E-state index contributed by atoms with van der Waals surface area (Å²) in [4.78, 5) is 24.4. The Kier molecular flexibility index (Phi) is 8.72. The lowest BCUT2D eigenvalue weighted by Gasteiger charge is -2.12. The number of hydrogen-bond acceptors (Lipinski definition) is 6. The molecule has 2 amide bonds. The highest BCUT2D eigenvalue weighted by Gasteiger charge is 2.11. The molecule has 0 radical (unpaired) electrons. The molecule has 3 rings (SSSR count). The summed E-state index contributed by atoms with van der Waals surface area (Å²) in [6.07, 6.45) is 0. The average Bonchev–Trinajstić information content (AvgIpc) is 2.86. The van der Waals surface area contributed by atoms with Crippen LogP contribution in [0.5, 0.6) is 17.2 Å². The monoisotopic (exact) mass is 479 g/mol. The second kappa shape index (κ2) is 12.1. The molecule has 9 heteroatoms. The Hall–Kier alpha value is -4.22. The number of nitrogens with zero attached hydrogens (tertiary/aromatic N) is 1. The Morgan fingerprint density at radius 1 is 0.912 bits per heavy atom. The molecule has 34 heavy (non-hydrogen) atoms. The normalized spacial score (nSPS) is 10.0. The molecule has 0 unspecified atom stereocenters. The van der Waals surface area contributed by atoms with Crippen molar-refractivity contribution in [3.8, 4) is 23.3 Å². The van der Waals surface area contributed by atoms with Gasteiger partial charge in [-0.3, -0.25) is 20.4 Å². The first-order valence-corrected chi connectivity index (χ1v) is 10.7. The largest absolute Gasteiger partial charge is 0.490 e. The maximum atomic E-state index is 12.3. The highest BCUT2D eigenvalue weighted by molar-refractivity contribution is 6.30. The van der Waals surface area contributed by atoms with Crippen LogP contribution in [0.4, 0.5) is 0 Å². The number of hydrazine groups is 1. The summed E-state index contributed by atoms with van der Waals surface area (Å²) in [6, 6.07) is 20.5. The van der Waals surface area contributed by atoms with E-state index in [1.54, 1.807) is 67.6 Å². The van der Waals surface area contributed by atoms with Gasteiger partial charge >= 0.3 is 0 Å². The summed E-state index contributed by atoms with van der Waals surface area (Å²) in [6.45, 7) is 2.15. The fourth-order valence-corrected chi connectivity index (χ4v) is 2.92. The van der Waals surface area contributed by atoms with Gasteiger partial charge in [-0.25, -0.2) is 0 Å².